The highest BCUT2D eigenvalue weighted by Crippen LogP contribution is 2.35. The summed E-state index contributed by atoms with van der Waals surface area (Å²) in [4.78, 5) is 0. The van der Waals surface area contributed by atoms with Crippen molar-refractivity contribution < 1.29 is 0 Å². The minimum absolute atomic E-state index is 0.0169. The summed E-state index contributed by atoms with van der Waals surface area (Å²) in [6, 6.07) is 5.72. The van der Waals surface area contributed by atoms with Gasteiger partial charge in [0.05, 0.1) is 11.6 Å². The van der Waals surface area contributed by atoms with E-state index in [0.29, 0.717) is 0 Å². The molecule has 1 aliphatic rings. The Morgan fingerprint density at radius 2 is 2.23 bits per heavy atom. The molecular weight excluding hydrogens is 162 g/mol. The molecule has 0 bridgehead atoms. The van der Waals surface area contributed by atoms with Crippen molar-refractivity contribution >= 4 is 5.69 Å². The van der Waals surface area contributed by atoms with Crippen LogP contribution < -0.4 is 11.5 Å². The van der Waals surface area contributed by atoms with Gasteiger partial charge >= 0.3 is 0 Å². The zero-order valence-corrected chi connectivity index (χ0v) is 7.25. The van der Waals surface area contributed by atoms with Crippen LogP contribution in [-0.4, -0.2) is 0 Å². The topological polar surface area (TPSA) is 75.8 Å². The number of anilines is 1. The summed E-state index contributed by atoms with van der Waals surface area (Å²) < 4.78 is 0. The molecule has 1 aromatic carbocycles. The number of nitrogens with zero attached hydrogens (tertiary/aromatic N) is 1. The maximum atomic E-state index is 8.85. The minimum Gasteiger partial charge on any atom is -0.398 e. The summed E-state index contributed by atoms with van der Waals surface area (Å²) in [7, 11) is 0. The molecule has 66 valence electrons. The van der Waals surface area contributed by atoms with Crippen molar-refractivity contribution in [2.45, 2.75) is 18.9 Å². The van der Waals surface area contributed by atoms with Gasteiger partial charge in [-0.3, -0.25) is 0 Å². The van der Waals surface area contributed by atoms with Gasteiger partial charge in [0.25, 0.3) is 0 Å². The normalized spacial score (nSPS) is 19.5. The Hall–Kier alpha value is -1.53. The van der Waals surface area contributed by atoms with E-state index in [0.717, 1.165) is 35.2 Å². The maximum absolute atomic E-state index is 8.85. The lowest BCUT2D eigenvalue weighted by Gasteiger charge is -2.08. The first-order valence-electron chi connectivity index (χ1n) is 4.31. The van der Waals surface area contributed by atoms with Gasteiger partial charge in [-0.1, -0.05) is 0 Å². The van der Waals surface area contributed by atoms with Gasteiger partial charge in [-0.25, -0.2) is 0 Å². The predicted molar refractivity (Wildman–Crippen MR) is 50.8 cm³/mol. The Balaban J connectivity index is 2.67. The van der Waals surface area contributed by atoms with Crippen molar-refractivity contribution in [2.75, 3.05) is 5.73 Å². The van der Waals surface area contributed by atoms with E-state index in [1.54, 1.807) is 12.1 Å². The van der Waals surface area contributed by atoms with E-state index in [1.165, 1.54) is 0 Å². The summed E-state index contributed by atoms with van der Waals surface area (Å²) in [5, 5.41) is 8.85. The Kier molecular flexibility index (Phi) is 1.71. The van der Waals surface area contributed by atoms with Gasteiger partial charge in [-0.2, -0.15) is 5.26 Å². The average molecular weight is 173 g/mol. The second kappa shape index (κ2) is 2.75. The summed E-state index contributed by atoms with van der Waals surface area (Å²) in [6.45, 7) is 0. The third kappa shape index (κ3) is 1.07. The van der Waals surface area contributed by atoms with Crippen molar-refractivity contribution in [1.29, 1.82) is 5.26 Å². The molecule has 2 rings (SSSR count). The lowest BCUT2D eigenvalue weighted by atomic mass is 10.0. The van der Waals surface area contributed by atoms with Gasteiger partial charge in [0, 0.05) is 11.7 Å². The second-order valence-corrected chi connectivity index (χ2v) is 3.35. The smallest absolute Gasteiger partial charge is 0.0994 e. The first-order chi connectivity index (χ1) is 6.24. The van der Waals surface area contributed by atoms with Crippen LogP contribution in [0.25, 0.3) is 0 Å². The van der Waals surface area contributed by atoms with Crippen LogP contribution in [0.4, 0.5) is 5.69 Å². The van der Waals surface area contributed by atoms with Crippen molar-refractivity contribution in [3.8, 4) is 6.07 Å². The highest BCUT2D eigenvalue weighted by Gasteiger charge is 2.23. The molecule has 0 aliphatic heterocycles. The first-order valence-corrected chi connectivity index (χ1v) is 4.31. The minimum atomic E-state index is 0.0169. The standard InChI is InChI=1S/C10H11N3/c11-5-6-1-3-8(12)10-7(6)2-4-9(10)13/h1,3,9H,2,4,12-13H2/t9-/m1/s1. The molecular formula is C10H11N3. The van der Waals surface area contributed by atoms with Crippen molar-refractivity contribution in [2.24, 2.45) is 5.73 Å². The van der Waals surface area contributed by atoms with E-state index < -0.39 is 0 Å². The SMILES string of the molecule is N#Cc1ccc(N)c2c1CC[C@H]2N. The molecule has 0 heterocycles. The van der Waals surface area contributed by atoms with Crippen LogP contribution in [0.3, 0.4) is 0 Å². The molecule has 1 aromatic rings. The van der Waals surface area contributed by atoms with Gasteiger partial charge in [0.2, 0.25) is 0 Å². The molecule has 0 saturated heterocycles. The van der Waals surface area contributed by atoms with Gasteiger partial charge in [0.1, 0.15) is 0 Å². The molecule has 3 heteroatoms. The molecule has 3 nitrogen and oxygen atoms in total. The van der Waals surface area contributed by atoms with Crippen molar-refractivity contribution in [3.63, 3.8) is 0 Å². The molecule has 0 saturated carbocycles. The molecule has 0 unspecified atom stereocenters. The third-order valence-electron chi connectivity index (χ3n) is 2.59. The first kappa shape index (κ1) is 8.09. The van der Waals surface area contributed by atoms with Gasteiger partial charge < -0.3 is 11.5 Å². The zero-order valence-electron chi connectivity index (χ0n) is 7.25. The molecule has 1 atom stereocenters. The number of fused-ring (bicyclic) bond motifs is 1. The molecule has 1 aliphatic carbocycles. The number of hydrogen-bond acceptors (Lipinski definition) is 3. The number of nitrogens with two attached hydrogens (primary N) is 2. The number of nitriles is 1. The molecule has 0 fully saturated rings. The van der Waals surface area contributed by atoms with E-state index in [-0.39, 0.29) is 6.04 Å². The van der Waals surface area contributed by atoms with Gasteiger partial charge in [-0.15, -0.1) is 0 Å². The molecule has 0 amide bonds. The van der Waals surface area contributed by atoms with Gasteiger partial charge in [0.15, 0.2) is 0 Å². The number of benzene rings is 1. The van der Waals surface area contributed by atoms with Crippen LogP contribution in [-0.2, 0) is 6.42 Å². The third-order valence-corrected chi connectivity index (χ3v) is 2.59. The Morgan fingerprint density at radius 1 is 1.46 bits per heavy atom. The summed E-state index contributed by atoms with van der Waals surface area (Å²) in [5.74, 6) is 0. The second-order valence-electron chi connectivity index (χ2n) is 3.35. The van der Waals surface area contributed by atoms with E-state index in [4.69, 9.17) is 16.7 Å². The lowest BCUT2D eigenvalue weighted by Crippen LogP contribution is -2.08. The monoisotopic (exact) mass is 173 g/mol. The Labute approximate surface area is 77.0 Å². The predicted octanol–water partition coefficient (Wildman–Crippen LogP) is 1.09. The van der Waals surface area contributed by atoms with Crippen LogP contribution in [0.2, 0.25) is 0 Å². The quantitative estimate of drug-likeness (QED) is 0.576. The highest BCUT2D eigenvalue weighted by molar-refractivity contribution is 5.60. The largest absolute Gasteiger partial charge is 0.398 e. The lowest BCUT2D eigenvalue weighted by molar-refractivity contribution is 0.715. The summed E-state index contributed by atoms with van der Waals surface area (Å²) in [5.41, 5.74) is 15.2. The average Bonchev–Trinajstić information content (AvgIpc) is 2.50. The van der Waals surface area contributed by atoms with Crippen LogP contribution in [0.15, 0.2) is 12.1 Å². The van der Waals surface area contributed by atoms with Crippen LogP contribution in [0.5, 0.6) is 0 Å². The molecule has 4 N–H and O–H groups in total. The Morgan fingerprint density at radius 3 is 2.92 bits per heavy atom. The van der Waals surface area contributed by atoms with Crippen molar-refractivity contribution in [3.05, 3.63) is 28.8 Å². The molecule has 0 spiro atoms. The van der Waals surface area contributed by atoms with E-state index in [2.05, 4.69) is 6.07 Å². The van der Waals surface area contributed by atoms with Crippen LogP contribution in [0.1, 0.15) is 29.2 Å². The van der Waals surface area contributed by atoms with Crippen LogP contribution in [0, 0.1) is 11.3 Å². The van der Waals surface area contributed by atoms with E-state index >= 15 is 0 Å². The maximum Gasteiger partial charge on any atom is 0.0994 e. The van der Waals surface area contributed by atoms with E-state index in [1.807, 2.05) is 0 Å². The van der Waals surface area contributed by atoms with Crippen LogP contribution >= 0.6 is 0 Å². The molecule has 0 radical (unpaired) electrons. The Bertz CT molecular complexity index is 390. The van der Waals surface area contributed by atoms with Gasteiger partial charge in [-0.05, 0) is 36.1 Å². The van der Waals surface area contributed by atoms with E-state index in [9.17, 15) is 0 Å². The fourth-order valence-electron chi connectivity index (χ4n) is 1.94. The number of nitrogen functional groups attached to an aromatic ring is 1. The summed E-state index contributed by atoms with van der Waals surface area (Å²) in [6.07, 6.45) is 1.78. The van der Waals surface area contributed by atoms with Crippen molar-refractivity contribution in [1.82, 2.24) is 0 Å². The molecule has 0 aromatic heterocycles. The summed E-state index contributed by atoms with van der Waals surface area (Å²) >= 11 is 0. The number of rotatable bonds is 0. The highest BCUT2D eigenvalue weighted by atomic mass is 14.7. The number of hydrogen-bond donors (Lipinski definition) is 2. The fourth-order valence-corrected chi connectivity index (χ4v) is 1.94. The molecule has 13 heavy (non-hydrogen) atoms. The zero-order chi connectivity index (χ0) is 9.42. The fraction of sp³-hybridized carbons (Fsp3) is 0.300.